The Morgan fingerprint density at radius 3 is 3.17 bits per heavy atom. The Morgan fingerprint density at radius 2 is 2.44 bits per heavy atom. The summed E-state index contributed by atoms with van der Waals surface area (Å²) in [6.45, 7) is 1.87. The number of nitrogens with one attached hydrogen (secondary N) is 1. The fourth-order valence-electron chi connectivity index (χ4n) is 1.98. The summed E-state index contributed by atoms with van der Waals surface area (Å²) in [5.41, 5.74) is 6.56. The zero-order valence-corrected chi connectivity index (χ0v) is 11.1. The van der Waals surface area contributed by atoms with Crippen LogP contribution in [0.25, 0.3) is 0 Å². The van der Waals surface area contributed by atoms with Gasteiger partial charge in [0.2, 0.25) is 5.91 Å². The Hall–Kier alpha value is -1.07. The Labute approximate surface area is 110 Å². The van der Waals surface area contributed by atoms with Gasteiger partial charge in [-0.05, 0) is 36.6 Å². The SMILES string of the molecule is CCC(N)C(=O)NC1CCSc2ccc(F)cc21. The van der Waals surface area contributed by atoms with Crippen molar-refractivity contribution in [3.63, 3.8) is 0 Å². The molecule has 1 amide bonds. The van der Waals surface area contributed by atoms with Crippen LogP contribution in [0.4, 0.5) is 4.39 Å². The van der Waals surface area contributed by atoms with Crippen LogP contribution in [0.2, 0.25) is 0 Å². The molecule has 98 valence electrons. The largest absolute Gasteiger partial charge is 0.348 e. The van der Waals surface area contributed by atoms with Crippen LogP contribution < -0.4 is 11.1 Å². The second kappa shape index (κ2) is 5.71. The molecule has 2 unspecified atom stereocenters. The van der Waals surface area contributed by atoms with Crippen molar-refractivity contribution in [1.29, 1.82) is 0 Å². The fourth-order valence-corrected chi connectivity index (χ4v) is 3.08. The molecule has 1 heterocycles. The number of carbonyl (C=O) groups is 1. The van der Waals surface area contributed by atoms with E-state index in [4.69, 9.17) is 5.73 Å². The monoisotopic (exact) mass is 268 g/mol. The number of hydrogen-bond donors (Lipinski definition) is 2. The molecule has 1 aliphatic rings. The number of carbonyl (C=O) groups excluding carboxylic acids is 1. The molecule has 0 radical (unpaired) electrons. The summed E-state index contributed by atoms with van der Waals surface area (Å²) in [6, 6.07) is 4.11. The lowest BCUT2D eigenvalue weighted by Crippen LogP contribution is -2.42. The van der Waals surface area contributed by atoms with E-state index in [1.807, 2.05) is 6.92 Å². The van der Waals surface area contributed by atoms with Crippen molar-refractivity contribution in [3.05, 3.63) is 29.6 Å². The van der Waals surface area contributed by atoms with Crippen molar-refractivity contribution >= 4 is 17.7 Å². The number of amides is 1. The molecule has 1 aromatic carbocycles. The molecule has 18 heavy (non-hydrogen) atoms. The molecule has 3 N–H and O–H groups in total. The third-order valence-corrected chi connectivity index (χ3v) is 4.23. The molecule has 1 aliphatic heterocycles. The van der Waals surface area contributed by atoms with E-state index in [-0.39, 0.29) is 17.8 Å². The molecular formula is C13H17FN2OS. The van der Waals surface area contributed by atoms with E-state index >= 15 is 0 Å². The number of hydrogen-bond acceptors (Lipinski definition) is 3. The number of rotatable bonds is 3. The van der Waals surface area contributed by atoms with Gasteiger partial charge in [0.25, 0.3) is 0 Å². The van der Waals surface area contributed by atoms with Crippen molar-refractivity contribution in [3.8, 4) is 0 Å². The van der Waals surface area contributed by atoms with Crippen LogP contribution in [0.1, 0.15) is 31.4 Å². The summed E-state index contributed by atoms with van der Waals surface area (Å²) in [5, 5.41) is 2.91. The van der Waals surface area contributed by atoms with Crippen LogP contribution in [0.3, 0.4) is 0 Å². The van der Waals surface area contributed by atoms with Crippen LogP contribution in [0, 0.1) is 5.82 Å². The topological polar surface area (TPSA) is 55.1 Å². The summed E-state index contributed by atoms with van der Waals surface area (Å²) in [6.07, 6.45) is 1.41. The van der Waals surface area contributed by atoms with Crippen LogP contribution >= 0.6 is 11.8 Å². The van der Waals surface area contributed by atoms with Gasteiger partial charge in [0.15, 0.2) is 0 Å². The van der Waals surface area contributed by atoms with E-state index < -0.39 is 6.04 Å². The Kier molecular flexibility index (Phi) is 4.24. The van der Waals surface area contributed by atoms with Gasteiger partial charge in [0.1, 0.15) is 5.82 Å². The quantitative estimate of drug-likeness (QED) is 0.883. The van der Waals surface area contributed by atoms with Crippen molar-refractivity contribution in [2.45, 2.75) is 36.7 Å². The molecule has 3 nitrogen and oxygen atoms in total. The molecule has 1 aromatic rings. The van der Waals surface area contributed by atoms with E-state index in [0.717, 1.165) is 22.6 Å². The zero-order chi connectivity index (χ0) is 13.1. The van der Waals surface area contributed by atoms with Gasteiger partial charge in [0.05, 0.1) is 12.1 Å². The first kappa shape index (κ1) is 13.4. The molecule has 0 fully saturated rings. The van der Waals surface area contributed by atoms with Gasteiger partial charge >= 0.3 is 0 Å². The number of thioether (sulfide) groups is 1. The van der Waals surface area contributed by atoms with Crippen LogP contribution in [0.5, 0.6) is 0 Å². The minimum Gasteiger partial charge on any atom is -0.348 e. The van der Waals surface area contributed by atoms with E-state index in [1.165, 1.54) is 12.1 Å². The predicted molar refractivity (Wildman–Crippen MR) is 70.9 cm³/mol. The predicted octanol–water partition coefficient (Wildman–Crippen LogP) is 2.22. The third kappa shape index (κ3) is 2.84. The molecule has 5 heteroatoms. The summed E-state index contributed by atoms with van der Waals surface area (Å²) >= 11 is 1.69. The number of nitrogens with two attached hydrogens (primary N) is 1. The van der Waals surface area contributed by atoms with E-state index in [9.17, 15) is 9.18 Å². The highest BCUT2D eigenvalue weighted by Crippen LogP contribution is 2.36. The average Bonchev–Trinajstić information content (AvgIpc) is 2.38. The third-order valence-electron chi connectivity index (χ3n) is 3.10. The molecule has 0 bridgehead atoms. The van der Waals surface area contributed by atoms with Crippen molar-refractivity contribution in [1.82, 2.24) is 5.32 Å². The fraction of sp³-hybridized carbons (Fsp3) is 0.462. The highest BCUT2D eigenvalue weighted by Gasteiger charge is 2.24. The summed E-state index contributed by atoms with van der Waals surface area (Å²) in [5.74, 6) is 0.491. The second-order valence-electron chi connectivity index (χ2n) is 4.40. The maximum absolute atomic E-state index is 13.3. The Balaban J connectivity index is 2.17. The summed E-state index contributed by atoms with van der Waals surface area (Å²) in [4.78, 5) is 12.8. The number of halogens is 1. The Bertz CT molecular complexity index is 453. The van der Waals surface area contributed by atoms with Gasteiger partial charge in [-0.15, -0.1) is 11.8 Å². The molecule has 0 saturated carbocycles. The lowest BCUT2D eigenvalue weighted by atomic mass is 10.0. The molecular weight excluding hydrogens is 251 g/mol. The molecule has 0 aliphatic carbocycles. The minimum atomic E-state index is -0.489. The smallest absolute Gasteiger partial charge is 0.237 e. The second-order valence-corrected chi connectivity index (χ2v) is 5.53. The first-order valence-electron chi connectivity index (χ1n) is 6.10. The maximum Gasteiger partial charge on any atom is 0.237 e. The van der Waals surface area contributed by atoms with Gasteiger partial charge in [-0.1, -0.05) is 6.92 Å². The first-order valence-corrected chi connectivity index (χ1v) is 7.08. The lowest BCUT2D eigenvalue weighted by Gasteiger charge is -2.27. The van der Waals surface area contributed by atoms with Crippen LogP contribution in [-0.4, -0.2) is 17.7 Å². The highest BCUT2D eigenvalue weighted by atomic mass is 32.2. The van der Waals surface area contributed by atoms with E-state index in [1.54, 1.807) is 17.8 Å². The summed E-state index contributed by atoms with van der Waals surface area (Å²) < 4.78 is 13.3. The van der Waals surface area contributed by atoms with Gasteiger partial charge in [-0.2, -0.15) is 0 Å². The summed E-state index contributed by atoms with van der Waals surface area (Å²) in [7, 11) is 0. The normalized spacial score (nSPS) is 20.1. The van der Waals surface area contributed by atoms with Crippen molar-refractivity contribution < 1.29 is 9.18 Å². The molecule has 2 atom stereocenters. The van der Waals surface area contributed by atoms with Crippen LogP contribution in [0.15, 0.2) is 23.1 Å². The molecule has 0 spiro atoms. The zero-order valence-electron chi connectivity index (χ0n) is 10.3. The molecule has 0 aromatic heterocycles. The first-order chi connectivity index (χ1) is 8.61. The van der Waals surface area contributed by atoms with E-state index in [0.29, 0.717) is 6.42 Å². The van der Waals surface area contributed by atoms with Crippen molar-refractivity contribution in [2.24, 2.45) is 5.73 Å². The van der Waals surface area contributed by atoms with Gasteiger partial charge in [0, 0.05) is 10.6 Å². The Morgan fingerprint density at radius 1 is 1.67 bits per heavy atom. The number of benzene rings is 1. The maximum atomic E-state index is 13.3. The van der Waals surface area contributed by atoms with E-state index in [2.05, 4.69) is 5.32 Å². The molecule has 2 rings (SSSR count). The minimum absolute atomic E-state index is 0.123. The van der Waals surface area contributed by atoms with Gasteiger partial charge in [-0.3, -0.25) is 4.79 Å². The lowest BCUT2D eigenvalue weighted by molar-refractivity contribution is -0.123. The number of fused-ring (bicyclic) bond motifs is 1. The van der Waals surface area contributed by atoms with Crippen LogP contribution in [-0.2, 0) is 4.79 Å². The average molecular weight is 268 g/mol. The highest BCUT2D eigenvalue weighted by molar-refractivity contribution is 7.99. The molecule has 0 saturated heterocycles. The van der Waals surface area contributed by atoms with Gasteiger partial charge < -0.3 is 11.1 Å². The van der Waals surface area contributed by atoms with Gasteiger partial charge in [-0.25, -0.2) is 4.39 Å². The standard InChI is InChI=1S/C13H17FN2OS/c1-2-10(15)13(17)16-11-5-6-18-12-4-3-8(14)7-9(11)12/h3-4,7,10-11H,2,5-6,15H2,1H3,(H,16,17). The van der Waals surface area contributed by atoms with Crippen molar-refractivity contribution in [2.75, 3.05) is 5.75 Å².